The van der Waals surface area contributed by atoms with Gasteiger partial charge in [0.2, 0.25) is 0 Å². The third-order valence-electron chi connectivity index (χ3n) is 3.55. The standard InChI is InChI=1S/C10H13N3O4/c1-10(2)16-5-3-4-6(12-13-11)9(14)15-7(4)8(5)17-10/h4-8H,3H2,1-2H3/t4-,5+,6-,7+,8+/m1/s1. The maximum absolute atomic E-state index is 11.5. The van der Waals surface area contributed by atoms with Gasteiger partial charge in [0, 0.05) is 10.8 Å². The molecule has 3 rings (SSSR count). The Labute approximate surface area is 97.6 Å². The summed E-state index contributed by atoms with van der Waals surface area (Å²) in [7, 11) is 0. The van der Waals surface area contributed by atoms with Crippen molar-refractivity contribution in [1.82, 2.24) is 0 Å². The third-order valence-corrected chi connectivity index (χ3v) is 3.55. The second kappa shape index (κ2) is 3.35. The number of esters is 1. The van der Waals surface area contributed by atoms with Gasteiger partial charge < -0.3 is 14.2 Å². The highest BCUT2D eigenvalue weighted by Gasteiger charge is 2.61. The summed E-state index contributed by atoms with van der Waals surface area (Å²) in [6.45, 7) is 3.67. The van der Waals surface area contributed by atoms with Crippen molar-refractivity contribution in [2.24, 2.45) is 11.0 Å². The van der Waals surface area contributed by atoms with Gasteiger partial charge in [0.05, 0.1) is 6.10 Å². The summed E-state index contributed by atoms with van der Waals surface area (Å²) >= 11 is 0. The molecule has 2 saturated heterocycles. The molecule has 0 unspecified atom stereocenters. The van der Waals surface area contributed by atoms with Crippen molar-refractivity contribution in [2.75, 3.05) is 0 Å². The van der Waals surface area contributed by atoms with Gasteiger partial charge >= 0.3 is 5.97 Å². The largest absolute Gasteiger partial charge is 0.459 e. The van der Waals surface area contributed by atoms with Crippen LogP contribution in [0.2, 0.25) is 0 Å². The lowest BCUT2D eigenvalue weighted by atomic mass is 9.99. The van der Waals surface area contributed by atoms with Crippen LogP contribution in [0.1, 0.15) is 20.3 Å². The van der Waals surface area contributed by atoms with Crippen LogP contribution in [0.5, 0.6) is 0 Å². The Balaban J connectivity index is 1.84. The van der Waals surface area contributed by atoms with Crippen molar-refractivity contribution in [1.29, 1.82) is 0 Å². The Morgan fingerprint density at radius 3 is 2.88 bits per heavy atom. The number of azide groups is 1. The average Bonchev–Trinajstić information content (AvgIpc) is 2.78. The fourth-order valence-corrected chi connectivity index (χ4v) is 3.00. The molecule has 0 N–H and O–H groups in total. The highest BCUT2D eigenvalue weighted by molar-refractivity contribution is 5.79. The van der Waals surface area contributed by atoms with Gasteiger partial charge in [-0.25, -0.2) is 0 Å². The normalized spacial score (nSPS) is 46.0. The Kier molecular flexibility index (Phi) is 2.13. The molecule has 3 fully saturated rings. The van der Waals surface area contributed by atoms with Crippen molar-refractivity contribution >= 4 is 5.97 Å². The van der Waals surface area contributed by atoms with E-state index in [1.54, 1.807) is 0 Å². The van der Waals surface area contributed by atoms with Crippen molar-refractivity contribution < 1.29 is 19.0 Å². The van der Waals surface area contributed by atoms with Crippen LogP contribution < -0.4 is 0 Å². The lowest BCUT2D eigenvalue weighted by Gasteiger charge is -2.21. The van der Waals surface area contributed by atoms with E-state index in [0.29, 0.717) is 6.42 Å². The van der Waals surface area contributed by atoms with Crippen LogP contribution in [0, 0.1) is 5.92 Å². The third kappa shape index (κ3) is 1.50. The zero-order chi connectivity index (χ0) is 12.2. The quantitative estimate of drug-likeness (QED) is 0.296. The first-order valence-corrected chi connectivity index (χ1v) is 5.62. The van der Waals surface area contributed by atoms with Gasteiger partial charge in [-0.05, 0) is 25.8 Å². The zero-order valence-corrected chi connectivity index (χ0v) is 9.57. The van der Waals surface area contributed by atoms with Crippen LogP contribution >= 0.6 is 0 Å². The highest BCUT2D eigenvalue weighted by Crippen LogP contribution is 2.47. The van der Waals surface area contributed by atoms with E-state index in [2.05, 4.69) is 10.0 Å². The highest BCUT2D eigenvalue weighted by atomic mass is 16.8. The Hall–Kier alpha value is -1.30. The van der Waals surface area contributed by atoms with E-state index in [0.717, 1.165) is 0 Å². The first-order chi connectivity index (χ1) is 8.02. The van der Waals surface area contributed by atoms with E-state index >= 15 is 0 Å². The molecule has 0 aromatic carbocycles. The van der Waals surface area contributed by atoms with Crippen LogP contribution in [-0.4, -0.2) is 36.1 Å². The summed E-state index contributed by atoms with van der Waals surface area (Å²) in [5, 5.41) is 3.51. The van der Waals surface area contributed by atoms with Crippen LogP contribution in [0.3, 0.4) is 0 Å². The number of nitrogens with zero attached hydrogens (tertiary/aromatic N) is 3. The Morgan fingerprint density at radius 2 is 2.18 bits per heavy atom. The fourth-order valence-electron chi connectivity index (χ4n) is 3.00. The minimum Gasteiger partial charge on any atom is -0.459 e. The molecule has 2 heterocycles. The Morgan fingerprint density at radius 1 is 1.41 bits per heavy atom. The predicted octanol–water partition coefficient (Wildman–Crippen LogP) is 1.13. The average molecular weight is 239 g/mol. The van der Waals surface area contributed by atoms with Crippen molar-refractivity contribution in [3.63, 3.8) is 0 Å². The number of fused-ring (bicyclic) bond motifs is 3. The number of carbonyl (C=O) groups is 1. The second-order valence-electron chi connectivity index (χ2n) is 5.09. The second-order valence-corrected chi connectivity index (χ2v) is 5.09. The minimum atomic E-state index is -0.731. The SMILES string of the molecule is CC1(C)O[C@@H]2[C@H]3OC(=O)[C@H](N=[N+]=[N-])[C@H]3C[C@@H]2O1. The number of ether oxygens (including phenoxy) is 3. The van der Waals surface area contributed by atoms with Crippen molar-refractivity contribution in [2.45, 2.75) is 50.4 Å². The number of hydrogen-bond donors (Lipinski definition) is 0. The molecule has 0 spiro atoms. The van der Waals surface area contributed by atoms with E-state index in [4.69, 9.17) is 19.7 Å². The summed E-state index contributed by atoms with van der Waals surface area (Å²) in [6, 6.07) is -0.731. The van der Waals surface area contributed by atoms with E-state index in [1.807, 2.05) is 13.8 Å². The zero-order valence-electron chi connectivity index (χ0n) is 9.57. The topological polar surface area (TPSA) is 93.5 Å². The maximum Gasteiger partial charge on any atom is 0.315 e. The van der Waals surface area contributed by atoms with Crippen molar-refractivity contribution in [3.05, 3.63) is 10.4 Å². The predicted molar refractivity (Wildman–Crippen MR) is 54.7 cm³/mol. The van der Waals surface area contributed by atoms with Gasteiger partial charge in [0.1, 0.15) is 18.2 Å². The smallest absolute Gasteiger partial charge is 0.315 e. The lowest BCUT2D eigenvalue weighted by molar-refractivity contribution is -0.169. The van der Waals surface area contributed by atoms with Gasteiger partial charge in [0.25, 0.3) is 0 Å². The molecule has 2 aliphatic heterocycles. The molecule has 1 aliphatic carbocycles. The molecule has 7 heteroatoms. The van der Waals surface area contributed by atoms with Crippen molar-refractivity contribution in [3.8, 4) is 0 Å². The molecular formula is C10H13N3O4. The van der Waals surface area contributed by atoms with E-state index < -0.39 is 17.8 Å². The molecule has 5 atom stereocenters. The lowest BCUT2D eigenvalue weighted by Crippen LogP contribution is -2.31. The summed E-state index contributed by atoms with van der Waals surface area (Å²) < 4.78 is 16.7. The van der Waals surface area contributed by atoms with Gasteiger partial charge in [-0.3, -0.25) is 4.79 Å². The van der Waals surface area contributed by atoms with Crippen LogP contribution in [0.15, 0.2) is 5.11 Å². The first kappa shape index (κ1) is 10.8. The number of rotatable bonds is 1. The first-order valence-electron chi connectivity index (χ1n) is 5.62. The van der Waals surface area contributed by atoms with Gasteiger partial charge in [-0.15, -0.1) is 0 Å². The molecule has 0 amide bonds. The summed E-state index contributed by atoms with van der Waals surface area (Å²) in [6.07, 6.45) is -0.0270. The van der Waals surface area contributed by atoms with Crippen LogP contribution in [-0.2, 0) is 19.0 Å². The van der Waals surface area contributed by atoms with E-state index in [1.165, 1.54) is 0 Å². The van der Waals surface area contributed by atoms with Crippen LogP contribution in [0.25, 0.3) is 10.4 Å². The van der Waals surface area contributed by atoms with E-state index in [-0.39, 0.29) is 24.2 Å². The van der Waals surface area contributed by atoms with Gasteiger partial charge in [-0.1, -0.05) is 5.11 Å². The molecular weight excluding hydrogens is 226 g/mol. The van der Waals surface area contributed by atoms with Gasteiger partial charge in [0.15, 0.2) is 5.79 Å². The Bertz CT molecular complexity index is 418. The summed E-state index contributed by atoms with van der Waals surface area (Å²) in [5.41, 5.74) is 8.44. The molecule has 0 aromatic heterocycles. The molecule has 3 aliphatic rings. The van der Waals surface area contributed by atoms with Gasteiger partial charge in [-0.2, -0.15) is 0 Å². The number of hydrogen-bond acceptors (Lipinski definition) is 5. The maximum atomic E-state index is 11.5. The molecule has 0 aromatic rings. The summed E-state index contributed by atoms with van der Waals surface area (Å²) in [4.78, 5) is 14.2. The fraction of sp³-hybridized carbons (Fsp3) is 0.900. The van der Waals surface area contributed by atoms with E-state index in [9.17, 15) is 4.79 Å². The molecule has 1 saturated carbocycles. The minimum absolute atomic E-state index is 0.0792. The molecule has 0 radical (unpaired) electrons. The van der Waals surface area contributed by atoms with Crippen LogP contribution in [0.4, 0.5) is 0 Å². The molecule has 7 nitrogen and oxygen atoms in total. The monoisotopic (exact) mass is 239 g/mol. The molecule has 0 bridgehead atoms. The molecule has 17 heavy (non-hydrogen) atoms. The molecule has 92 valence electrons. The number of carbonyl (C=O) groups excluding carboxylic acids is 1. The summed E-state index contributed by atoms with van der Waals surface area (Å²) in [5.74, 6) is -1.21.